The second-order valence-corrected chi connectivity index (χ2v) is 6.11. The molecule has 0 bridgehead atoms. The first kappa shape index (κ1) is 11.4. The molecule has 1 aliphatic rings. The van der Waals surface area contributed by atoms with Gasteiger partial charge < -0.3 is 10.4 Å². The fraction of sp³-hybridized carbons (Fsp3) is 0.455. The van der Waals surface area contributed by atoms with Gasteiger partial charge in [-0.15, -0.1) is 0 Å². The number of phenolic OH excluding ortho intramolecular Hbond substituents is 1. The van der Waals surface area contributed by atoms with E-state index >= 15 is 0 Å². The van der Waals surface area contributed by atoms with E-state index in [1.54, 1.807) is 6.07 Å². The minimum absolute atomic E-state index is 0.0135. The smallest absolute Gasteiger partial charge is 0.180 e. The van der Waals surface area contributed by atoms with E-state index in [2.05, 4.69) is 5.32 Å². The molecule has 1 aromatic carbocycles. The first-order valence-corrected chi connectivity index (χ1v) is 6.98. The molecule has 88 valence electrons. The molecule has 1 unspecified atom stereocenters. The van der Waals surface area contributed by atoms with E-state index in [1.807, 2.05) is 0 Å². The summed E-state index contributed by atoms with van der Waals surface area (Å²) in [5.41, 5.74) is 0. The summed E-state index contributed by atoms with van der Waals surface area (Å²) in [6, 6.07) is 5.87. The number of phenols is 1. The molecule has 0 amide bonds. The van der Waals surface area contributed by atoms with E-state index in [-0.39, 0.29) is 22.4 Å². The lowest BCUT2D eigenvalue weighted by Crippen LogP contribution is -2.29. The highest BCUT2D eigenvalue weighted by molar-refractivity contribution is 7.91. The van der Waals surface area contributed by atoms with Crippen LogP contribution >= 0.6 is 0 Å². The van der Waals surface area contributed by atoms with Crippen LogP contribution in [-0.4, -0.2) is 31.9 Å². The predicted octanol–water partition coefficient (Wildman–Crippen LogP) is 0.918. The highest BCUT2D eigenvalue weighted by Gasteiger charge is 2.23. The molecule has 5 heteroatoms. The van der Waals surface area contributed by atoms with E-state index < -0.39 is 9.84 Å². The van der Waals surface area contributed by atoms with Gasteiger partial charge in [0.2, 0.25) is 0 Å². The SMILES string of the molecule is O=S(=O)(CC1CCCN1)c1cccc(O)c1. The van der Waals surface area contributed by atoms with Crippen LogP contribution in [0.5, 0.6) is 5.75 Å². The summed E-state index contributed by atoms with van der Waals surface area (Å²) in [6.07, 6.45) is 1.93. The van der Waals surface area contributed by atoms with Crippen LogP contribution in [0.1, 0.15) is 12.8 Å². The Morgan fingerprint density at radius 2 is 2.25 bits per heavy atom. The van der Waals surface area contributed by atoms with E-state index in [9.17, 15) is 13.5 Å². The van der Waals surface area contributed by atoms with Gasteiger partial charge in [0.1, 0.15) is 5.75 Å². The molecule has 0 aromatic heterocycles. The molecule has 0 aliphatic carbocycles. The number of aromatic hydroxyl groups is 1. The van der Waals surface area contributed by atoms with E-state index in [0.29, 0.717) is 0 Å². The summed E-state index contributed by atoms with van der Waals surface area (Å²) >= 11 is 0. The third-order valence-corrected chi connectivity index (χ3v) is 4.57. The molecule has 1 aliphatic heterocycles. The van der Waals surface area contributed by atoms with Crippen LogP contribution < -0.4 is 5.32 Å². The zero-order valence-electron chi connectivity index (χ0n) is 8.89. The van der Waals surface area contributed by atoms with Gasteiger partial charge in [-0.1, -0.05) is 6.07 Å². The van der Waals surface area contributed by atoms with Crippen LogP contribution in [0.4, 0.5) is 0 Å². The Bertz CT molecular complexity index is 464. The molecule has 2 N–H and O–H groups in total. The monoisotopic (exact) mass is 241 g/mol. The Labute approximate surface area is 95.2 Å². The van der Waals surface area contributed by atoms with Gasteiger partial charge in [-0.3, -0.25) is 0 Å². The Morgan fingerprint density at radius 1 is 1.44 bits per heavy atom. The molecule has 2 rings (SSSR count). The third kappa shape index (κ3) is 2.54. The predicted molar refractivity (Wildman–Crippen MR) is 61.2 cm³/mol. The Balaban J connectivity index is 2.18. The molecule has 1 atom stereocenters. The average molecular weight is 241 g/mol. The first-order valence-electron chi connectivity index (χ1n) is 5.33. The minimum atomic E-state index is -3.29. The largest absolute Gasteiger partial charge is 0.508 e. The summed E-state index contributed by atoms with van der Waals surface area (Å²) in [7, 11) is -3.29. The van der Waals surface area contributed by atoms with E-state index in [4.69, 9.17) is 0 Å². The number of hydrogen-bond donors (Lipinski definition) is 2. The molecule has 4 nitrogen and oxygen atoms in total. The van der Waals surface area contributed by atoms with Gasteiger partial charge in [-0.2, -0.15) is 0 Å². The van der Waals surface area contributed by atoms with Gasteiger partial charge in [0.25, 0.3) is 0 Å². The maximum atomic E-state index is 12.0. The molecule has 16 heavy (non-hydrogen) atoms. The highest BCUT2D eigenvalue weighted by Crippen LogP contribution is 2.19. The minimum Gasteiger partial charge on any atom is -0.508 e. The molecule has 0 radical (unpaired) electrons. The fourth-order valence-electron chi connectivity index (χ4n) is 1.94. The Hall–Kier alpha value is -1.07. The third-order valence-electron chi connectivity index (χ3n) is 2.76. The molecule has 1 heterocycles. The maximum Gasteiger partial charge on any atom is 0.180 e. The second kappa shape index (κ2) is 4.43. The van der Waals surface area contributed by atoms with E-state index in [1.165, 1.54) is 18.2 Å². The summed E-state index contributed by atoms with van der Waals surface area (Å²) in [5.74, 6) is 0.0941. The van der Waals surface area contributed by atoms with Crippen molar-refractivity contribution in [2.75, 3.05) is 12.3 Å². The van der Waals surface area contributed by atoms with Crippen LogP contribution in [0.2, 0.25) is 0 Å². The van der Waals surface area contributed by atoms with Crippen molar-refractivity contribution in [1.82, 2.24) is 5.32 Å². The van der Waals surface area contributed by atoms with Crippen molar-refractivity contribution in [2.45, 2.75) is 23.8 Å². The topological polar surface area (TPSA) is 66.4 Å². The summed E-state index contributed by atoms with van der Waals surface area (Å²) < 4.78 is 24.0. The van der Waals surface area contributed by atoms with Gasteiger partial charge in [-0.25, -0.2) is 8.42 Å². The van der Waals surface area contributed by atoms with Crippen molar-refractivity contribution in [3.8, 4) is 5.75 Å². The number of sulfone groups is 1. The van der Waals surface area contributed by atoms with Gasteiger partial charge in [0.05, 0.1) is 10.6 Å². The number of nitrogens with one attached hydrogen (secondary N) is 1. The molecule has 1 aromatic rings. The van der Waals surface area contributed by atoms with Gasteiger partial charge in [0, 0.05) is 6.04 Å². The molecule has 0 spiro atoms. The quantitative estimate of drug-likeness (QED) is 0.825. The lowest BCUT2D eigenvalue weighted by molar-refractivity contribution is 0.473. The van der Waals surface area contributed by atoms with Crippen LogP contribution in [0.15, 0.2) is 29.2 Å². The molecular formula is C11H15NO3S. The summed E-state index contributed by atoms with van der Waals surface area (Å²) in [6.45, 7) is 0.889. The van der Waals surface area contributed by atoms with Crippen molar-refractivity contribution >= 4 is 9.84 Å². The maximum absolute atomic E-state index is 12.0. The van der Waals surface area contributed by atoms with Crippen molar-refractivity contribution in [1.29, 1.82) is 0 Å². The lowest BCUT2D eigenvalue weighted by Gasteiger charge is -2.10. The zero-order chi connectivity index (χ0) is 11.6. The van der Waals surface area contributed by atoms with Crippen molar-refractivity contribution in [3.05, 3.63) is 24.3 Å². The van der Waals surface area contributed by atoms with Gasteiger partial charge in [0.15, 0.2) is 9.84 Å². The van der Waals surface area contributed by atoms with Crippen LogP contribution in [-0.2, 0) is 9.84 Å². The molecule has 0 saturated carbocycles. The summed E-state index contributed by atoms with van der Waals surface area (Å²) in [5, 5.41) is 12.4. The second-order valence-electron chi connectivity index (χ2n) is 4.07. The normalized spacial score (nSPS) is 21.1. The van der Waals surface area contributed by atoms with Crippen molar-refractivity contribution < 1.29 is 13.5 Å². The summed E-state index contributed by atoms with van der Waals surface area (Å²) in [4.78, 5) is 0.196. The van der Waals surface area contributed by atoms with Gasteiger partial charge in [-0.05, 0) is 37.6 Å². The number of benzene rings is 1. The van der Waals surface area contributed by atoms with Crippen LogP contribution in [0, 0.1) is 0 Å². The first-order chi connectivity index (χ1) is 7.58. The Kier molecular flexibility index (Phi) is 3.16. The standard InChI is InChI=1S/C11H15NO3S/c13-10-4-1-5-11(7-10)16(14,15)8-9-3-2-6-12-9/h1,4-5,7,9,12-13H,2-3,6,8H2. The Morgan fingerprint density at radius 3 is 2.88 bits per heavy atom. The highest BCUT2D eigenvalue weighted by atomic mass is 32.2. The van der Waals surface area contributed by atoms with Crippen LogP contribution in [0.25, 0.3) is 0 Å². The van der Waals surface area contributed by atoms with Crippen LogP contribution in [0.3, 0.4) is 0 Å². The number of rotatable bonds is 3. The molecule has 1 fully saturated rings. The van der Waals surface area contributed by atoms with E-state index in [0.717, 1.165) is 19.4 Å². The lowest BCUT2D eigenvalue weighted by atomic mass is 10.3. The zero-order valence-corrected chi connectivity index (χ0v) is 9.70. The molecular weight excluding hydrogens is 226 g/mol. The van der Waals surface area contributed by atoms with Crippen molar-refractivity contribution in [2.24, 2.45) is 0 Å². The number of hydrogen-bond acceptors (Lipinski definition) is 4. The van der Waals surface area contributed by atoms with Crippen molar-refractivity contribution in [3.63, 3.8) is 0 Å². The molecule has 1 saturated heterocycles. The average Bonchev–Trinajstić information content (AvgIpc) is 2.70. The van der Waals surface area contributed by atoms with Gasteiger partial charge >= 0.3 is 0 Å². The fourth-order valence-corrected chi connectivity index (χ4v) is 3.53.